The van der Waals surface area contributed by atoms with Gasteiger partial charge in [-0.2, -0.15) is 0 Å². The van der Waals surface area contributed by atoms with Gasteiger partial charge in [-0.15, -0.1) is 0 Å². The molecule has 5 heteroatoms. The van der Waals surface area contributed by atoms with Crippen molar-refractivity contribution in [3.05, 3.63) is 58.1 Å². The highest BCUT2D eigenvalue weighted by Crippen LogP contribution is 2.25. The maximum atomic E-state index is 12.1. The number of phenols is 1. The predicted octanol–water partition coefficient (Wildman–Crippen LogP) is 2.97. The lowest BCUT2D eigenvalue weighted by atomic mass is 10.1. The monoisotopic (exact) mass is 348 g/mol. The average molecular weight is 349 g/mol. The Hall–Kier alpha value is -1.85. The topological polar surface area (TPSA) is 75.4 Å². The third-order valence-corrected chi connectivity index (χ3v) is 4.23. The summed E-state index contributed by atoms with van der Waals surface area (Å²) in [4.78, 5) is 12.1. The zero-order valence-corrected chi connectivity index (χ0v) is 13.2. The van der Waals surface area contributed by atoms with Crippen molar-refractivity contribution in [2.75, 3.05) is 5.32 Å². The van der Waals surface area contributed by atoms with Crippen molar-refractivity contribution in [1.82, 2.24) is 0 Å². The van der Waals surface area contributed by atoms with E-state index in [2.05, 4.69) is 21.2 Å². The lowest BCUT2D eigenvalue weighted by Gasteiger charge is -2.14. The molecule has 0 radical (unpaired) electrons. The fraction of sp³-hybridized carbons (Fsp3) is 0.188. The Morgan fingerprint density at radius 2 is 1.95 bits per heavy atom. The summed E-state index contributed by atoms with van der Waals surface area (Å²) in [5, 5.41) is 12.1. The summed E-state index contributed by atoms with van der Waals surface area (Å²) < 4.78 is 0.857. The van der Waals surface area contributed by atoms with Gasteiger partial charge in [0.2, 0.25) is 5.91 Å². The van der Waals surface area contributed by atoms with Crippen molar-refractivity contribution >= 4 is 27.5 Å². The van der Waals surface area contributed by atoms with E-state index in [1.165, 1.54) is 0 Å². The van der Waals surface area contributed by atoms with E-state index < -0.39 is 6.04 Å². The van der Waals surface area contributed by atoms with Crippen LogP contribution in [0.5, 0.6) is 5.75 Å². The van der Waals surface area contributed by atoms with Gasteiger partial charge in [0.05, 0.1) is 11.7 Å². The molecule has 0 aromatic heterocycles. The molecule has 0 unspecified atom stereocenters. The van der Waals surface area contributed by atoms with Gasteiger partial charge in [-0.3, -0.25) is 4.79 Å². The van der Waals surface area contributed by atoms with Crippen LogP contribution in [0.25, 0.3) is 0 Å². The van der Waals surface area contributed by atoms with Crippen LogP contribution in [0, 0.1) is 6.92 Å². The molecule has 0 aliphatic heterocycles. The fourth-order valence-electron chi connectivity index (χ4n) is 1.95. The molecule has 110 valence electrons. The molecule has 1 atom stereocenters. The number of nitrogens with two attached hydrogens (primary N) is 1. The van der Waals surface area contributed by atoms with E-state index >= 15 is 0 Å². The Labute approximate surface area is 132 Å². The highest BCUT2D eigenvalue weighted by Gasteiger charge is 2.15. The van der Waals surface area contributed by atoms with Gasteiger partial charge in [-0.25, -0.2) is 0 Å². The molecule has 4 nitrogen and oxygen atoms in total. The van der Waals surface area contributed by atoms with Gasteiger partial charge in [0.1, 0.15) is 5.75 Å². The quantitative estimate of drug-likeness (QED) is 0.794. The summed E-state index contributed by atoms with van der Waals surface area (Å²) in [5.41, 5.74) is 8.59. The number of hydrogen-bond acceptors (Lipinski definition) is 3. The largest absolute Gasteiger partial charge is 0.508 e. The number of aryl methyl sites for hydroxylation is 1. The molecule has 0 fully saturated rings. The molecular formula is C16H17BrN2O2. The number of aromatic hydroxyl groups is 1. The van der Waals surface area contributed by atoms with Crippen LogP contribution in [0.1, 0.15) is 11.1 Å². The van der Waals surface area contributed by atoms with Gasteiger partial charge < -0.3 is 16.2 Å². The Kier molecular flexibility index (Phi) is 4.98. The molecule has 0 saturated heterocycles. The zero-order valence-electron chi connectivity index (χ0n) is 11.6. The molecule has 0 aliphatic carbocycles. The van der Waals surface area contributed by atoms with E-state index in [0.717, 1.165) is 15.6 Å². The second kappa shape index (κ2) is 6.74. The second-order valence-corrected chi connectivity index (χ2v) is 5.70. The molecule has 0 heterocycles. The van der Waals surface area contributed by atoms with Crippen molar-refractivity contribution in [3.63, 3.8) is 0 Å². The Balaban J connectivity index is 2.02. The summed E-state index contributed by atoms with van der Waals surface area (Å²) in [7, 11) is 0. The first-order valence-electron chi connectivity index (χ1n) is 6.57. The standard InChI is InChI=1S/C16H17BrN2O2/c1-10-3-2-4-14(15(10)17)19-16(21)13(18)9-11-5-7-12(20)8-6-11/h2-8,13,20H,9,18H2,1H3,(H,19,21)/t13-/m1/s1. The number of halogens is 1. The van der Waals surface area contributed by atoms with Crippen LogP contribution in [0.2, 0.25) is 0 Å². The molecular weight excluding hydrogens is 332 g/mol. The Morgan fingerprint density at radius 3 is 2.62 bits per heavy atom. The van der Waals surface area contributed by atoms with Gasteiger partial charge in [-0.1, -0.05) is 24.3 Å². The molecule has 4 N–H and O–H groups in total. The summed E-state index contributed by atoms with van der Waals surface area (Å²) in [6.07, 6.45) is 0.412. The number of benzene rings is 2. The number of rotatable bonds is 4. The third kappa shape index (κ3) is 4.06. The van der Waals surface area contributed by atoms with Crippen LogP contribution in [0.4, 0.5) is 5.69 Å². The van der Waals surface area contributed by atoms with E-state index in [9.17, 15) is 9.90 Å². The molecule has 2 aromatic rings. The minimum atomic E-state index is -0.651. The molecule has 0 saturated carbocycles. The van der Waals surface area contributed by atoms with Crippen LogP contribution in [-0.4, -0.2) is 17.1 Å². The molecule has 2 aromatic carbocycles. The first kappa shape index (κ1) is 15.5. The molecule has 0 aliphatic rings. The number of nitrogens with one attached hydrogen (secondary N) is 1. The first-order valence-corrected chi connectivity index (χ1v) is 7.36. The Morgan fingerprint density at radius 1 is 1.29 bits per heavy atom. The lowest BCUT2D eigenvalue weighted by molar-refractivity contribution is -0.117. The summed E-state index contributed by atoms with van der Waals surface area (Å²) >= 11 is 3.45. The van der Waals surface area contributed by atoms with E-state index in [0.29, 0.717) is 12.1 Å². The lowest BCUT2D eigenvalue weighted by Crippen LogP contribution is -2.37. The maximum Gasteiger partial charge on any atom is 0.241 e. The highest BCUT2D eigenvalue weighted by atomic mass is 79.9. The first-order chi connectivity index (χ1) is 9.97. The molecule has 1 amide bonds. The highest BCUT2D eigenvalue weighted by molar-refractivity contribution is 9.10. The van der Waals surface area contributed by atoms with Crippen LogP contribution >= 0.6 is 15.9 Å². The third-order valence-electron chi connectivity index (χ3n) is 3.18. The van der Waals surface area contributed by atoms with E-state index in [1.807, 2.05) is 25.1 Å². The molecule has 0 bridgehead atoms. The smallest absolute Gasteiger partial charge is 0.241 e. The number of hydrogen-bond donors (Lipinski definition) is 3. The van der Waals surface area contributed by atoms with Crippen LogP contribution in [-0.2, 0) is 11.2 Å². The summed E-state index contributed by atoms with van der Waals surface area (Å²) in [6.45, 7) is 1.95. The fourth-order valence-corrected chi connectivity index (χ4v) is 2.31. The Bertz CT molecular complexity index is 641. The van der Waals surface area contributed by atoms with Gasteiger partial charge in [0.15, 0.2) is 0 Å². The van der Waals surface area contributed by atoms with Crippen LogP contribution in [0.15, 0.2) is 46.9 Å². The van der Waals surface area contributed by atoms with E-state index in [4.69, 9.17) is 5.73 Å². The van der Waals surface area contributed by atoms with Gasteiger partial charge in [-0.05, 0) is 58.6 Å². The maximum absolute atomic E-state index is 12.1. The summed E-state index contributed by atoms with van der Waals surface area (Å²) in [5.74, 6) is -0.0464. The number of anilines is 1. The van der Waals surface area contributed by atoms with Crippen molar-refractivity contribution < 1.29 is 9.90 Å². The predicted molar refractivity (Wildman–Crippen MR) is 87.3 cm³/mol. The van der Waals surface area contributed by atoms with E-state index in [1.54, 1.807) is 24.3 Å². The van der Waals surface area contributed by atoms with Crippen LogP contribution < -0.4 is 11.1 Å². The number of amides is 1. The summed E-state index contributed by atoms with van der Waals surface area (Å²) in [6, 6.07) is 11.7. The normalized spacial score (nSPS) is 12.0. The molecule has 21 heavy (non-hydrogen) atoms. The zero-order chi connectivity index (χ0) is 15.4. The second-order valence-electron chi connectivity index (χ2n) is 4.90. The van der Waals surface area contributed by atoms with E-state index in [-0.39, 0.29) is 11.7 Å². The minimum Gasteiger partial charge on any atom is -0.508 e. The van der Waals surface area contributed by atoms with Crippen LogP contribution in [0.3, 0.4) is 0 Å². The number of phenolic OH excluding ortho intramolecular Hbond substituents is 1. The van der Waals surface area contributed by atoms with Gasteiger partial charge >= 0.3 is 0 Å². The van der Waals surface area contributed by atoms with Gasteiger partial charge in [0.25, 0.3) is 0 Å². The molecule has 2 rings (SSSR count). The minimum absolute atomic E-state index is 0.195. The van der Waals surface area contributed by atoms with Crippen molar-refractivity contribution in [2.24, 2.45) is 5.73 Å². The van der Waals surface area contributed by atoms with Crippen molar-refractivity contribution in [3.8, 4) is 5.75 Å². The molecule has 0 spiro atoms. The van der Waals surface area contributed by atoms with Gasteiger partial charge in [0, 0.05) is 4.47 Å². The number of carbonyl (C=O) groups is 1. The average Bonchev–Trinajstić information content (AvgIpc) is 2.46. The number of carbonyl (C=O) groups excluding carboxylic acids is 1. The SMILES string of the molecule is Cc1cccc(NC(=O)[C@H](N)Cc2ccc(O)cc2)c1Br. The van der Waals surface area contributed by atoms with Crippen molar-refractivity contribution in [1.29, 1.82) is 0 Å². The van der Waals surface area contributed by atoms with Crippen molar-refractivity contribution in [2.45, 2.75) is 19.4 Å².